The molecule has 2 rings (SSSR count). The second kappa shape index (κ2) is 8.70. The van der Waals surface area contributed by atoms with E-state index < -0.39 is 40.8 Å². The molecule has 0 radical (unpaired) electrons. The zero-order valence-electron chi connectivity index (χ0n) is 15.7. The third-order valence-corrected chi connectivity index (χ3v) is 5.09. The Morgan fingerprint density at radius 1 is 1.24 bits per heavy atom. The molecule has 29 heavy (non-hydrogen) atoms. The van der Waals surface area contributed by atoms with Gasteiger partial charge in [-0.05, 0) is 30.8 Å². The van der Waals surface area contributed by atoms with E-state index in [1.807, 2.05) is 0 Å². The summed E-state index contributed by atoms with van der Waals surface area (Å²) in [5.41, 5.74) is -2.64. The minimum atomic E-state index is -1.24. The summed E-state index contributed by atoms with van der Waals surface area (Å²) in [4.78, 5) is 48.8. The molecule has 0 saturated carbocycles. The topological polar surface area (TPSA) is 115 Å². The molecule has 156 valence electrons. The van der Waals surface area contributed by atoms with Crippen molar-refractivity contribution in [3.05, 3.63) is 54.3 Å². The van der Waals surface area contributed by atoms with Gasteiger partial charge in [0.25, 0.3) is 5.91 Å². The van der Waals surface area contributed by atoms with E-state index >= 15 is 0 Å². The van der Waals surface area contributed by atoms with Gasteiger partial charge in [0, 0.05) is 14.1 Å². The Kier molecular flexibility index (Phi) is 6.75. The molecule has 1 unspecified atom stereocenters. The first-order valence-electron chi connectivity index (χ1n) is 8.43. The van der Waals surface area contributed by atoms with E-state index in [-0.39, 0.29) is 21.8 Å². The number of carbonyl (C=O) groups excluding carboxylic acids is 1. The van der Waals surface area contributed by atoms with E-state index in [0.717, 1.165) is 21.3 Å². The highest BCUT2D eigenvalue weighted by atomic mass is 35.5. The van der Waals surface area contributed by atoms with Gasteiger partial charge in [0.2, 0.25) is 0 Å². The van der Waals surface area contributed by atoms with Crippen LogP contribution in [0.2, 0.25) is 5.02 Å². The molecule has 2 N–H and O–H groups in total. The summed E-state index contributed by atoms with van der Waals surface area (Å²) in [5, 5.41) is 11.2. The van der Waals surface area contributed by atoms with Gasteiger partial charge in [0.15, 0.2) is 4.77 Å². The van der Waals surface area contributed by atoms with E-state index in [9.17, 15) is 28.7 Å². The molecule has 1 atom stereocenters. The summed E-state index contributed by atoms with van der Waals surface area (Å²) in [5.74, 6) is -3.14. The van der Waals surface area contributed by atoms with Gasteiger partial charge in [-0.15, -0.1) is 0 Å². The SMILES string of the molecule is CCCC(NC(=O)c1cc(-n2c(=O)n(C)c(=S)n(C)c2=O)c(F)cc1Cl)C(=O)O. The number of halogens is 2. The molecule has 0 aliphatic carbocycles. The lowest BCUT2D eigenvalue weighted by Crippen LogP contribution is -2.44. The normalized spacial score (nSPS) is 11.9. The van der Waals surface area contributed by atoms with Gasteiger partial charge in [-0.2, -0.15) is 0 Å². The fraction of sp³-hybridized carbons (Fsp3) is 0.353. The summed E-state index contributed by atoms with van der Waals surface area (Å²) in [7, 11) is 2.62. The van der Waals surface area contributed by atoms with E-state index in [4.69, 9.17) is 23.8 Å². The fourth-order valence-corrected chi connectivity index (χ4v) is 3.03. The minimum Gasteiger partial charge on any atom is -0.480 e. The summed E-state index contributed by atoms with van der Waals surface area (Å²) in [6.45, 7) is 1.75. The number of benzene rings is 1. The summed E-state index contributed by atoms with van der Waals surface area (Å²) < 4.78 is 16.9. The molecule has 1 heterocycles. The first-order valence-corrected chi connectivity index (χ1v) is 9.22. The summed E-state index contributed by atoms with van der Waals surface area (Å²) in [6.07, 6.45) is 0.665. The van der Waals surface area contributed by atoms with Crippen molar-refractivity contribution in [1.82, 2.24) is 19.0 Å². The largest absolute Gasteiger partial charge is 0.480 e. The smallest absolute Gasteiger partial charge is 0.338 e. The molecule has 0 bridgehead atoms. The maximum Gasteiger partial charge on any atom is 0.338 e. The van der Waals surface area contributed by atoms with Gasteiger partial charge < -0.3 is 10.4 Å². The molecule has 0 saturated heterocycles. The molecular formula is C17H18ClFN4O5S. The first kappa shape index (κ1) is 22.5. The van der Waals surface area contributed by atoms with Gasteiger partial charge in [-0.25, -0.2) is 23.3 Å². The Balaban J connectivity index is 2.67. The number of carboxylic acid groups (broad SMARTS) is 1. The number of hydrogen-bond donors (Lipinski definition) is 2. The number of carbonyl (C=O) groups is 2. The lowest BCUT2D eigenvalue weighted by molar-refractivity contribution is -0.139. The first-order chi connectivity index (χ1) is 13.5. The van der Waals surface area contributed by atoms with Crippen LogP contribution >= 0.6 is 23.8 Å². The van der Waals surface area contributed by atoms with Crippen LogP contribution < -0.4 is 16.7 Å². The van der Waals surface area contributed by atoms with E-state index in [1.165, 1.54) is 14.1 Å². The molecule has 1 aromatic carbocycles. The Labute approximate surface area is 174 Å². The maximum atomic E-state index is 14.6. The number of nitrogens with one attached hydrogen (secondary N) is 1. The number of aromatic nitrogens is 3. The fourth-order valence-electron chi connectivity index (χ4n) is 2.64. The van der Waals surface area contributed by atoms with Crippen LogP contribution in [0.15, 0.2) is 21.7 Å². The molecule has 0 spiro atoms. The molecular weight excluding hydrogens is 427 g/mol. The number of nitrogens with zero attached hydrogens (tertiary/aromatic N) is 3. The van der Waals surface area contributed by atoms with Crippen molar-refractivity contribution >= 4 is 35.7 Å². The van der Waals surface area contributed by atoms with Crippen LogP contribution in [0.4, 0.5) is 4.39 Å². The minimum absolute atomic E-state index is 0.0764. The van der Waals surface area contributed by atoms with Crippen molar-refractivity contribution in [2.75, 3.05) is 0 Å². The average Bonchev–Trinajstić information content (AvgIpc) is 2.65. The van der Waals surface area contributed by atoms with Gasteiger partial charge in [0.1, 0.15) is 11.9 Å². The van der Waals surface area contributed by atoms with Crippen LogP contribution in [0, 0.1) is 10.6 Å². The van der Waals surface area contributed by atoms with E-state index in [1.54, 1.807) is 6.92 Å². The van der Waals surface area contributed by atoms with Crippen molar-refractivity contribution in [1.29, 1.82) is 0 Å². The zero-order valence-corrected chi connectivity index (χ0v) is 17.3. The van der Waals surface area contributed by atoms with Gasteiger partial charge in [-0.1, -0.05) is 24.9 Å². The molecule has 12 heteroatoms. The summed E-state index contributed by atoms with van der Waals surface area (Å²) >= 11 is 10.9. The van der Waals surface area contributed by atoms with Crippen LogP contribution in [0.25, 0.3) is 5.69 Å². The predicted molar refractivity (Wildman–Crippen MR) is 106 cm³/mol. The Morgan fingerprint density at radius 2 is 1.79 bits per heavy atom. The molecule has 0 aliphatic heterocycles. The van der Waals surface area contributed by atoms with E-state index in [2.05, 4.69) is 5.32 Å². The number of amides is 1. The molecule has 2 aromatic rings. The number of hydrogen-bond acceptors (Lipinski definition) is 5. The highest BCUT2D eigenvalue weighted by molar-refractivity contribution is 7.71. The lowest BCUT2D eigenvalue weighted by atomic mass is 10.1. The van der Waals surface area contributed by atoms with E-state index in [0.29, 0.717) is 11.0 Å². The zero-order chi connectivity index (χ0) is 22.0. The third kappa shape index (κ3) is 4.30. The molecule has 9 nitrogen and oxygen atoms in total. The quantitative estimate of drug-likeness (QED) is 0.650. The average molecular weight is 445 g/mol. The second-order valence-electron chi connectivity index (χ2n) is 6.24. The highest BCUT2D eigenvalue weighted by Crippen LogP contribution is 2.22. The maximum absolute atomic E-state index is 14.6. The Bertz CT molecular complexity index is 1130. The van der Waals surface area contributed by atoms with Gasteiger partial charge in [-0.3, -0.25) is 13.9 Å². The molecule has 1 amide bonds. The standard InChI is InChI=1S/C17H18ClFN4O5S/c1-4-5-11(14(25)26)20-13(24)8-6-12(10(19)7-9(8)18)23-15(27)21(2)17(29)22(3)16(23)28/h6-7,11H,4-5H2,1-3H3,(H,20,24)(H,25,26). The molecule has 1 aromatic heterocycles. The van der Waals surface area contributed by atoms with Gasteiger partial charge in [0.05, 0.1) is 16.3 Å². The van der Waals surface area contributed by atoms with Crippen LogP contribution in [0.3, 0.4) is 0 Å². The van der Waals surface area contributed by atoms with Crippen molar-refractivity contribution in [3.63, 3.8) is 0 Å². The van der Waals surface area contributed by atoms with Crippen molar-refractivity contribution in [3.8, 4) is 5.69 Å². The Hall–Kier alpha value is -2.79. The van der Waals surface area contributed by atoms with Crippen LogP contribution in [0.1, 0.15) is 30.1 Å². The monoisotopic (exact) mass is 444 g/mol. The van der Waals surface area contributed by atoms with Crippen molar-refractivity contribution in [2.24, 2.45) is 14.1 Å². The van der Waals surface area contributed by atoms with Crippen molar-refractivity contribution < 1.29 is 19.1 Å². The third-order valence-electron chi connectivity index (χ3n) is 4.23. The van der Waals surface area contributed by atoms with Crippen LogP contribution in [-0.2, 0) is 18.9 Å². The number of carboxylic acids is 1. The molecule has 0 fully saturated rings. The van der Waals surface area contributed by atoms with Gasteiger partial charge >= 0.3 is 17.3 Å². The predicted octanol–water partition coefficient (Wildman–Crippen LogP) is 1.38. The Morgan fingerprint density at radius 3 is 2.28 bits per heavy atom. The lowest BCUT2D eigenvalue weighted by Gasteiger charge is -2.16. The number of rotatable bonds is 6. The van der Waals surface area contributed by atoms with Crippen molar-refractivity contribution in [2.45, 2.75) is 25.8 Å². The molecule has 0 aliphatic rings. The van der Waals surface area contributed by atoms with Crippen LogP contribution in [0.5, 0.6) is 0 Å². The second-order valence-corrected chi connectivity index (χ2v) is 7.01. The van der Waals surface area contributed by atoms with Crippen LogP contribution in [-0.4, -0.2) is 36.7 Å². The summed E-state index contributed by atoms with van der Waals surface area (Å²) in [6, 6.07) is 0.517. The number of aliphatic carboxylic acids is 1. The highest BCUT2D eigenvalue weighted by Gasteiger charge is 2.24.